The van der Waals surface area contributed by atoms with Gasteiger partial charge in [0.15, 0.2) is 11.6 Å². The van der Waals surface area contributed by atoms with Gasteiger partial charge in [-0.15, -0.1) is 0 Å². The van der Waals surface area contributed by atoms with Gasteiger partial charge in [-0.1, -0.05) is 170 Å². The monoisotopic (exact) mass is 1210 g/mol. The minimum Gasteiger partial charge on any atom is -0.355 e. The number of nitrogens with zero attached hydrogens (tertiary/aromatic N) is 4. The number of fused-ring (bicyclic) bond motifs is 2. The smallest absolute Gasteiger partial charge is 0.355 e. The van der Waals surface area contributed by atoms with Gasteiger partial charge in [-0.2, -0.15) is 26.3 Å². The lowest BCUT2D eigenvalue weighted by atomic mass is 9.74. The normalized spacial score (nSPS) is 13.0. The Kier molecular flexibility index (Phi) is 17.1. The third-order valence-electron chi connectivity index (χ3n) is 16.9. The van der Waals surface area contributed by atoms with E-state index in [4.69, 9.17) is 4.98 Å². The van der Waals surface area contributed by atoms with E-state index in [2.05, 4.69) is 15.6 Å². The van der Waals surface area contributed by atoms with E-state index < -0.39 is 23.2 Å². The lowest BCUT2D eigenvalue weighted by Crippen LogP contribution is -2.40. The number of halogens is 6. The minimum atomic E-state index is -4.65. The maximum atomic E-state index is 15.2. The number of nitrogens with one attached hydrogen (secondary N) is 2. The molecule has 2 N–H and O–H groups in total. The van der Waals surface area contributed by atoms with Crippen LogP contribution in [0, 0.1) is 13.8 Å². The molecule has 0 saturated heterocycles. The number of aromatic nitrogens is 4. The summed E-state index contributed by atoms with van der Waals surface area (Å²) >= 11 is 0. The number of rotatable bonds is 16. The molecule has 14 heteroatoms. The van der Waals surface area contributed by atoms with Crippen LogP contribution in [0.25, 0.3) is 44.8 Å². The van der Waals surface area contributed by atoms with Gasteiger partial charge in [-0.05, 0) is 159 Å². The SMILES string of the molecule is CCc1cc(C(C)(c2ccc(Nc3ccccc3)c(CC(=O)c3ccc(C(C)=O)cc3)c2)C(F)(F)F)ccc1Nc1ccccc1.Cc1ccc(-c2nc3cc(C(C)(c4ccc5c(c4)nc(C)n5-c4ccccc4)C(F)(F)F)ccc3n2-c2ccccc2)cc1. The quantitative estimate of drug-likeness (QED) is 0.0739. The predicted molar refractivity (Wildman–Crippen MR) is 348 cm³/mol. The van der Waals surface area contributed by atoms with E-state index in [1.54, 1.807) is 78.9 Å². The standard InChI is InChI=1S/C39H35F3N2O2.C37H29F3N4/c1-4-27-23-31(19-21-35(27)43-33-11-7-5-8-12-33)38(3,39(40,41)42)32-20-22-36(44-34-13-9-6-10-14-34)30(24-32)25-37(46)29-17-15-28(16-18-29)26(2)45;1-24-14-16-26(17-15-24)35-42-32-23-28(19-21-34(32)44(35)30-12-8-5-9-13-30)36(3,37(38,39)40)27-18-20-33-31(22-27)41-25(2)43(33)29-10-6-4-7-11-29/h5-24,43-44H,4,25H2,1-3H3;4-23H,1-3H3. The van der Waals surface area contributed by atoms with E-state index in [9.17, 15) is 9.59 Å². The first-order chi connectivity index (χ1) is 43.1. The zero-order chi connectivity index (χ0) is 63.5. The van der Waals surface area contributed by atoms with Crippen LogP contribution in [0.1, 0.15) is 93.2 Å². The molecule has 8 nitrogen and oxygen atoms in total. The second kappa shape index (κ2) is 25.0. The first kappa shape index (κ1) is 61.3. The Morgan fingerprint density at radius 1 is 0.456 bits per heavy atom. The van der Waals surface area contributed by atoms with Crippen molar-refractivity contribution in [1.82, 2.24) is 19.1 Å². The summed E-state index contributed by atoms with van der Waals surface area (Å²) in [5, 5.41) is 6.59. The van der Waals surface area contributed by atoms with Crippen LogP contribution < -0.4 is 10.6 Å². The molecule has 90 heavy (non-hydrogen) atoms. The van der Waals surface area contributed by atoms with Gasteiger partial charge >= 0.3 is 12.4 Å². The third kappa shape index (κ3) is 12.2. The van der Waals surface area contributed by atoms with Crippen LogP contribution in [-0.4, -0.2) is 43.0 Å². The summed E-state index contributed by atoms with van der Waals surface area (Å²) < 4.78 is 95.4. The summed E-state index contributed by atoms with van der Waals surface area (Å²) in [4.78, 5) is 34.7. The number of ketones is 2. The number of alkyl halides is 6. The van der Waals surface area contributed by atoms with Crippen molar-refractivity contribution in [3.63, 3.8) is 0 Å². The number of Topliss-reactive ketones (excluding diaryl/α,β-unsaturated/α-hetero) is 2. The molecular weight excluding hydrogens is 1140 g/mol. The fraction of sp³-hybridized carbons (Fsp3) is 0.158. The maximum Gasteiger partial charge on any atom is 0.402 e. The molecule has 0 aliphatic heterocycles. The van der Waals surface area contributed by atoms with Crippen molar-refractivity contribution < 1.29 is 35.9 Å². The van der Waals surface area contributed by atoms with Gasteiger partial charge in [-0.3, -0.25) is 18.7 Å². The highest BCUT2D eigenvalue weighted by molar-refractivity contribution is 6.00. The third-order valence-corrected chi connectivity index (χ3v) is 16.9. The number of para-hydroxylation sites is 4. The highest BCUT2D eigenvalue weighted by Gasteiger charge is 2.55. The average molecular weight is 1210 g/mol. The molecule has 2 atom stereocenters. The molecular formula is C76H64F6N6O2. The van der Waals surface area contributed by atoms with Crippen molar-refractivity contribution >= 4 is 56.4 Å². The number of carbonyl (C=O) groups excluding carboxylic acids is 2. The van der Waals surface area contributed by atoms with Crippen molar-refractivity contribution in [2.24, 2.45) is 0 Å². The van der Waals surface area contributed by atoms with E-state index in [0.717, 1.165) is 56.2 Å². The minimum absolute atomic E-state index is 0.0270. The van der Waals surface area contributed by atoms with Crippen molar-refractivity contribution in [1.29, 1.82) is 0 Å². The molecule has 12 rings (SSSR count). The largest absolute Gasteiger partial charge is 0.402 e. The topological polar surface area (TPSA) is 93.8 Å². The first-order valence-electron chi connectivity index (χ1n) is 29.5. The molecule has 2 unspecified atom stereocenters. The fourth-order valence-electron chi connectivity index (χ4n) is 11.5. The molecule has 0 aliphatic rings. The molecule has 452 valence electrons. The molecule has 0 spiro atoms. The van der Waals surface area contributed by atoms with Crippen LogP contribution in [0.5, 0.6) is 0 Å². The van der Waals surface area contributed by atoms with Gasteiger partial charge in [0.05, 0.1) is 22.1 Å². The Morgan fingerprint density at radius 3 is 1.34 bits per heavy atom. The van der Waals surface area contributed by atoms with Gasteiger partial charge in [0.25, 0.3) is 0 Å². The lowest BCUT2D eigenvalue weighted by molar-refractivity contribution is -0.173. The van der Waals surface area contributed by atoms with Crippen molar-refractivity contribution in [2.45, 2.75) is 77.6 Å². The number of hydrogen-bond acceptors (Lipinski definition) is 6. The summed E-state index contributed by atoms with van der Waals surface area (Å²) in [6.07, 6.45) is -8.85. The van der Waals surface area contributed by atoms with Crippen LogP contribution >= 0.6 is 0 Å². The summed E-state index contributed by atoms with van der Waals surface area (Å²) in [5.74, 6) is 0.971. The molecule has 0 fully saturated rings. The van der Waals surface area contributed by atoms with Gasteiger partial charge in [0, 0.05) is 57.2 Å². The Bertz CT molecular complexity index is 4550. The number of imidazole rings is 2. The van der Waals surface area contributed by atoms with E-state index in [0.29, 0.717) is 51.5 Å². The van der Waals surface area contributed by atoms with Crippen LogP contribution in [0.3, 0.4) is 0 Å². The Morgan fingerprint density at radius 2 is 0.867 bits per heavy atom. The van der Waals surface area contributed by atoms with Crippen molar-refractivity contribution in [2.75, 3.05) is 10.6 Å². The van der Waals surface area contributed by atoms with E-state index >= 15 is 26.3 Å². The number of aryl methyl sites for hydroxylation is 3. The zero-order valence-electron chi connectivity index (χ0n) is 50.4. The van der Waals surface area contributed by atoms with Crippen LogP contribution in [0.4, 0.5) is 49.1 Å². The zero-order valence-corrected chi connectivity index (χ0v) is 50.4. The summed E-state index contributed by atoms with van der Waals surface area (Å²) in [6.45, 7) is 9.66. The van der Waals surface area contributed by atoms with Gasteiger partial charge in [-0.25, -0.2) is 9.97 Å². The van der Waals surface area contributed by atoms with Gasteiger partial charge in [0.2, 0.25) is 0 Å². The second-order valence-corrected chi connectivity index (χ2v) is 22.8. The maximum absolute atomic E-state index is 15.2. The molecule has 0 radical (unpaired) electrons. The van der Waals surface area contributed by atoms with Crippen LogP contribution in [0.2, 0.25) is 0 Å². The highest BCUT2D eigenvalue weighted by Crippen LogP contribution is 2.50. The molecule has 2 heterocycles. The predicted octanol–water partition coefficient (Wildman–Crippen LogP) is 19.7. The average Bonchev–Trinajstić information content (AvgIpc) is 2.16. The summed E-state index contributed by atoms with van der Waals surface area (Å²) in [5.41, 5.74) is 6.84. The highest BCUT2D eigenvalue weighted by atomic mass is 19.4. The molecule has 0 bridgehead atoms. The Balaban J connectivity index is 0.000000185. The Hall–Kier alpha value is -10.3. The van der Waals surface area contributed by atoms with Crippen molar-refractivity contribution in [3.8, 4) is 22.8 Å². The fourth-order valence-corrected chi connectivity index (χ4v) is 11.5. The Labute approximate surface area is 518 Å². The summed E-state index contributed by atoms with van der Waals surface area (Å²) in [6, 6.07) is 71.7. The molecule has 12 aromatic rings. The molecule has 0 aliphatic carbocycles. The number of benzene rings is 10. The van der Waals surface area contributed by atoms with Gasteiger partial charge in [0.1, 0.15) is 22.5 Å². The van der Waals surface area contributed by atoms with E-state index in [1.165, 1.54) is 39.0 Å². The van der Waals surface area contributed by atoms with Crippen LogP contribution in [-0.2, 0) is 23.7 Å². The molecule has 10 aromatic carbocycles. The van der Waals surface area contributed by atoms with E-state index in [1.807, 2.05) is 175 Å². The lowest BCUT2D eigenvalue weighted by Gasteiger charge is -2.34. The number of carbonyl (C=O) groups is 2. The van der Waals surface area contributed by atoms with Crippen molar-refractivity contribution in [3.05, 3.63) is 299 Å². The van der Waals surface area contributed by atoms with E-state index in [-0.39, 0.29) is 40.2 Å². The summed E-state index contributed by atoms with van der Waals surface area (Å²) in [7, 11) is 0. The van der Waals surface area contributed by atoms with Gasteiger partial charge < -0.3 is 10.6 Å². The first-order valence-corrected chi connectivity index (χ1v) is 29.5. The molecule has 2 aromatic heterocycles. The molecule has 0 amide bonds. The number of anilines is 4. The number of hydrogen-bond donors (Lipinski definition) is 2. The van der Waals surface area contributed by atoms with Crippen LogP contribution in [0.15, 0.2) is 243 Å². The second-order valence-electron chi connectivity index (χ2n) is 22.8. The molecule has 0 saturated carbocycles.